The molecule has 1 unspecified atom stereocenters. The van der Waals surface area contributed by atoms with Crippen LogP contribution in [0.5, 0.6) is 0 Å². The van der Waals surface area contributed by atoms with Crippen molar-refractivity contribution in [3.8, 4) is 0 Å². The summed E-state index contributed by atoms with van der Waals surface area (Å²) in [7, 11) is -3.60. The zero-order valence-corrected chi connectivity index (χ0v) is 11.9. The van der Waals surface area contributed by atoms with E-state index in [0.717, 1.165) is 11.1 Å². The summed E-state index contributed by atoms with van der Waals surface area (Å²) in [5.74, 6) is 0.680. The van der Waals surface area contributed by atoms with Crippen LogP contribution in [-0.4, -0.2) is 25.3 Å². The molecule has 1 aliphatic heterocycles. The van der Waals surface area contributed by atoms with Gasteiger partial charge in [0.05, 0.1) is 10.9 Å². The number of hydrogen-bond donors (Lipinski definition) is 1. The van der Waals surface area contributed by atoms with Crippen molar-refractivity contribution in [3.63, 3.8) is 0 Å². The van der Waals surface area contributed by atoms with E-state index < -0.39 is 16.1 Å². The summed E-state index contributed by atoms with van der Waals surface area (Å²) in [6, 6.07) is 4.39. The van der Waals surface area contributed by atoms with Crippen molar-refractivity contribution < 1.29 is 13.2 Å². The minimum absolute atomic E-state index is 0.0950. The van der Waals surface area contributed by atoms with E-state index in [-0.39, 0.29) is 10.0 Å². The van der Waals surface area contributed by atoms with Gasteiger partial charge in [0.15, 0.2) is 0 Å². The van der Waals surface area contributed by atoms with Crippen LogP contribution in [0.4, 0.5) is 0 Å². The number of carbonyl (C=O) groups excluding carboxylic acids is 1. The van der Waals surface area contributed by atoms with Crippen LogP contribution >= 0.6 is 11.8 Å². The van der Waals surface area contributed by atoms with Crippen molar-refractivity contribution >= 4 is 26.9 Å². The van der Waals surface area contributed by atoms with E-state index in [1.165, 1.54) is 11.8 Å². The molecule has 1 heterocycles. The lowest BCUT2D eigenvalue weighted by atomic mass is 10.1. The van der Waals surface area contributed by atoms with E-state index in [9.17, 15) is 13.2 Å². The Morgan fingerprint density at radius 2 is 2.00 bits per heavy atom. The third kappa shape index (κ3) is 2.76. The first-order chi connectivity index (χ1) is 8.40. The molecule has 0 saturated carbocycles. The standard InChI is InChI=1S/C12H15NO3S2/c1-8-3-4-10(7-9(8)2)18(15,16)13-11-5-6-17-12(11)14/h3-4,7,11,13H,5-6H2,1-2H3. The largest absolute Gasteiger partial charge is 0.285 e. The van der Waals surface area contributed by atoms with Crippen molar-refractivity contribution in [2.24, 2.45) is 0 Å². The first-order valence-electron chi connectivity index (χ1n) is 5.66. The number of rotatable bonds is 3. The van der Waals surface area contributed by atoms with Crippen molar-refractivity contribution in [3.05, 3.63) is 29.3 Å². The minimum atomic E-state index is -3.60. The smallest absolute Gasteiger partial charge is 0.241 e. The third-order valence-electron chi connectivity index (χ3n) is 3.02. The number of sulfonamides is 1. The molecule has 98 valence electrons. The minimum Gasteiger partial charge on any atom is -0.285 e. The molecule has 1 aromatic rings. The number of thioether (sulfide) groups is 1. The molecule has 4 nitrogen and oxygen atoms in total. The second-order valence-corrected chi connectivity index (χ2v) is 7.19. The molecule has 1 saturated heterocycles. The Kier molecular flexibility index (Phi) is 3.79. The Bertz CT molecular complexity index is 581. The number of nitrogens with one attached hydrogen (secondary N) is 1. The lowest BCUT2D eigenvalue weighted by molar-refractivity contribution is -0.111. The van der Waals surface area contributed by atoms with Crippen LogP contribution in [0.2, 0.25) is 0 Å². The molecule has 1 aliphatic rings. The second kappa shape index (κ2) is 5.03. The molecule has 0 aromatic heterocycles. The van der Waals surface area contributed by atoms with Crippen LogP contribution in [0.25, 0.3) is 0 Å². The Morgan fingerprint density at radius 3 is 2.56 bits per heavy atom. The summed E-state index contributed by atoms with van der Waals surface area (Å²) >= 11 is 1.18. The maximum Gasteiger partial charge on any atom is 0.241 e. The topological polar surface area (TPSA) is 63.2 Å². The molecular weight excluding hydrogens is 270 g/mol. The molecule has 1 fully saturated rings. The lowest BCUT2D eigenvalue weighted by Crippen LogP contribution is -2.37. The van der Waals surface area contributed by atoms with Gasteiger partial charge in [-0.15, -0.1) is 0 Å². The van der Waals surface area contributed by atoms with E-state index in [0.29, 0.717) is 12.2 Å². The van der Waals surface area contributed by atoms with Crippen molar-refractivity contribution in [1.82, 2.24) is 4.72 Å². The zero-order valence-electron chi connectivity index (χ0n) is 10.3. The quantitative estimate of drug-likeness (QED) is 0.916. The zero-order chi connectivity index (χ0) is 13.3. The van der Waals surface area contributed by atoms with E-state index in [1.807, 2.05) is 13.8 Å². The van der Waals surface area contributed by atoms with Gasteiger partial charge in [-0.1, -0.05) is 17.8 Å². The first-order valence-corrected chi connectivity index (χ1v) is 8.13. The Hall–Kier alpha value is -0.850. The molecule has 0 spiro atoms. The number of benzene rings is 1. The van der Waals surface area contributed by atoms with Gasteiger partial charge >= 0.3 is 0 Å². The molecule has 0 radical (unpaired) electrons. The normalized spacial score (nSPS) is 20.3. The number of carbonyl (C=O) groups is 1. The molecule has 1 N–H and O–H groups in total. The average Bonchev–Trinajstić information content (AvgIpc) is 2.67. The first kappa shape index (κ1) is 13.6. The second-order valence-electron chi connectivity index (χ2n) is 4.38. The monoisotopic (exact) mass is 285 g/mol. The van der Waals surface area contributed by atoms with E-state index in [2.05, 4.69) is 4.72 Å². The van der Waals surface area contributed by atoms with Crippen molar-refractivity contribution in [2.45, 2.75) is 31.2 Å². The van der Waals surface area contributed by atoms with Crippen LogP contribution in [0.15, 0.2) is 23.1 Å². The van der Waals surface area contributed by atoms with Crippen LogP contribution < -0.4 is 4.72 Å². The predicted molar refractivity (Wildman–Crippen MR) is 72.1 cm³/mol. The summed E-state index contributed by atoms with van der Waals surface area (Å²) in [6.45, 7) is 3.79. The maximum absolute atomic E-state index is 12.1. The lowest BCUT2D eigenvalue weighted by Gasteiger charge is -2.12. The van der Waals surface area contributed by atoms with Gasteiger partial charge in [-0.3, -0.25) is 4.79 Å². The maximum atomic E-state index is 12.1. The fourth-order valence-electron chi connectivity index (χ4n) is 1.74. The molecule has 1 aromatic carbocycles. The van der Waals surface area contributed by atoms with Crippen LogP contribution in [-0.2, 0) is 14.8 Å². The van der Waals surface area contributed by atoms with Gasteiger partial charge in [0, 0.05) is 5.75 Å². The highest BCUT2D eigenvalue weighted by atomic mass is 32.2. The van der Waals surface area contributed by atoms with Gasteiger partial charge in [0.2, 0.25) is 15.1 Å². The van der Waals surface area contributed by atoms with E-state index in [4.69, 9.17) is 0 Å². The summed E-state index contributed by atoms with van der Waals surface area (Å²) in [4.78, 5) is 11.7. The van der Waals surface area contributed by atoms with Crippen LogP contribution in [0.3, 0.4) is 0 Å². The van der Waals surface area contributed by atoms with Crippen molar-refractivity contribution in [2.75, 3.05) is 5.75 Å². The highest BCUT2D eigenvalue weighted by Crippen LogP contribution is 2.22. The van der Waals surface area contributed by atoms with Gasteiger partial charge in [-0.05, 0) is 43.5 Å². The Balaban J connectivity index is 2.25. The number of hydrogen-bond acceptors (Lipinski definition) is 4. The highest BCUT2D eigenvalue weighted by molar-refractivity contribution is 8.14. The van der Waals surface area contributed by atoms with Gasteiger partial charge in [-0.2, -0.15) is 4.72 Å². The molecule has 1 atom stereocenters. The molecule has 6 heteroatoms. The van der Waals surface area contributed by atoms with Gasteiger partial charge in [0.1, 0.15) is 0 Å². The van der Waals surface area contributed by atoms with Gasteiger partial charge < -0.3 is 0 Å². The molecule has 0 aliphatic carbocycles. The van der Waals surface area contributed by atoms with Gasteiger partial charge in [0.25, 0.3) is 0 Å². The molecule has 18 heavy (non-hydrogen) atoms. The summed E-state index contributed by atoms with van der Waals surface area (Å²) in [5, 5.41) is -0.0950. The Morgan fingerprint density at radius 1 is 1.28 bits per heavy atom. The molecule has 0 amide bonds. The SMILES string of the molecule is Cc1ccc(S(=O)(=O)NC2CCSC2=O)cc1C. The van der Waals surface area contributed by atoms with E-state index in [1.54, 1.807) is 18.2 Å². The summed E-state index contributed by atoms with van der Waals surface area (Å²) < 4.78 is 26.7. The summed E-state index contributed by atoms with van der Waals surface area (Å²) in [5.41, 5.74) is 1.96. The number of aryl methyl sites for hydroxylation is 2. The average molecular weight is 285 g/mol. The Labute approximate surface area is 111 Å². The van der Waals surface area contributed by atoms with E-state index >= 15 is 0 Å². The fraction of sp³-hybridized carbons (Fsp3) is 0.417. The van der Waals surface area contributed by atoms with Crippen LogP contribution in [0, 0.1) is 13.8 Å². The fourth-order valence-corrected chi connectivity index (χ4v) is 4.06. The molecular formula is C12H15NO3S2. The third-order valence-corrected chi connectivity index (χ3v) is 5.50. The highest BCUT2D eigenvalue weighted by Gasteiger charge is 2.30. The van der Waals surface area contributed by atoms with Crippen LogP contribution in [0.1, 0.15) is 17.5 Å². The summed E-state index contributed by atoms with van der Waals surface area (Å²) in [6.07, 6.45) is 0.563. The van der Waals surface area contributed by atoms with Crippen molar-refractivity contribution in [1.29, 1.82) is 0 Å². The molecule has 2 rings (SSSR count). The molecule has 0 bridgehead atoms. The predicted octanol–water partition coefficient (Wildman–Crippen LogP) is 1.61. The van der Waals surface area contributed by atoms with Gasteiger partial charge in [-0.25, -0.2) is 8.42 Å².